The molecule has 0 aromatic carbocycles. The molecule has 2 rings (SSSR count). The van der Waals surface area contributed by atoms with Gasteiger partial charge in [0, 0.05) is 26.7 Å². The lowest BCUT2D eigenvalue weighted by Gasteiger charge is -2.24. The molecular formula is C15H19NO5. The van der Waals surface area contributed by atoms with E-state index in [0.717, 1.165) is 0 Å². The van der Waals surface area contributed by atoms with Gasteiger partial charge >= 0.3 is 0 Å². The normalized spacial score (nSPS) is 18.7. The summed E-state index contributed by atoms with van der Waals surface area (Å²) in [5, 5.41) is 10.0. The smallest absolute Gasteiger partial charge is 0.290 e. The van der Waals surface area contributed by atoms with E-state index in [2.05, 4.69) is 0 Å². The van der Waals surface area contributed by atoms with Crippen LogP contribution in [0.4, 0.5) is 0 Å². The second-order valence-electron chi connectivity index (χ2n) is 4.80. The summed E-state index contributed by atoms with van der Waals surface area (Å²) in [4.78, 5) is 25.8. The van der Waals surface area contributed by atoms with E-state index in [9.17, 15) is 14.7 Å². The van der Waals surface area contributed by atoms with E-state index >= 15 is 0 Å². The number of nitrogens with zero attached hydrogens (tertiary/aromatic N) is 1. The van der Waals surface area contributed by atoms with Crippen molar-refractivity contribution in [3.05, 3.63) is 35.5 Å². The van der Waals surface area contributed by atoms with E-state index in [4.69, 9.17) is 9.15 Å². The van der Waals surface area contributed by atoms with Crippen molar-refractivity contribution in [2.24, 2.45) is 0 Å². The molecule has 1 N–H and O–H groups in total. The van der Waals surface area contributed by atoms with E-state index < -0.39 is 17.7 Å². The first-order chi connectivity index (χ1) is 10.1. The number of aliphatic hydroxyl groups excluding tert-OH is 1. The molecule has 6 heteroatoms. The number of aliphatic hydroxyl groups is 1. The summed E-state index contributed by atoms with van der Waals surface area (Å²) in [6.45, 7) is 2.56. The van der Waals surface area contributed by atoms with Crippen LogP contribution in [-0.4, -0.2) is 42.0 Å². The maximum atomic E-state index is 12.2. The molecule has 114 valence electrons. The molecule has 0 saturated carbocycles. The highest BCUT2D eigenvalue weighted by atomic mass is 16.5. The van der Waals surface area contributed by atoms with Crippen LogP contribution in [0.5, 0.6) is 0 Å². The average Bonchev–Trinajstić information content (AvgIpc) is 3.08. The highest BCUT2D eigenvalue weighted by molar-refractivity contribution is 6.08. The Bertz CT molecular complexity index is 546. The Morgan fingerprint density at radius 1 is 1.52 bits per heavy atom. The molecule has 0 saturated heterocycles. The van der Waals surface area contributed by atoms with Gasteiger partial charge in [-0.25, -0.2) is 0 Å². The number of amides is 1. The van der Waals surface area contributed by atoms with Crippen molar-refractivity contribution in [1.29, 1.82) is 0 Å². The first-order valence-electron chi connectivity index (χ1n) is 6.91. The molecule has 1 unspecified atom stereocenters. The zero-order valence-corrected chi connectivity index (χ0v) is 12.2. The van der Waals surface area contributed by atoms with E-state index in [1.54, 1.807) is 26.2 Å². The number of Topliss-reactive ketones (excluding diaryl/α,β-unsaturated/α-hetero) is 1. The molecule has 2 heterocycles. The van der Waals surface area contributed by atoms with Gasteiger partial charge in [0.2, 0.25) is 0 Å². The molecule has 1 aromatic rings. The molecule has 1 amide bonds. The molecule has 6 nitrogen and oxygen atoms in total. The number of hydrogen-bond acceptors (Lipinski definition) is 5. The van der Waals surface area contributed by atoms with E-state index in [1.807, 2.05) is 0 Å². The van der Waals surface area contributed by atoms with Crippen molar-refractivity contribution in [1.82, 2.24) is 4.90 Å². The third-order valence-electron chi connectivity index (χ3n) is 3.49. The van der Waals surface area contributed by atoms with Crippen LogP contribution in [-0.2, 0) is 14.3 Å². The van der Waals surface area contributed by atoms with Gasteiger partial charge < -0.3 is 19.2 Å². The minimum absolute atomic E-state index is 0.120. The van der Waals surface area contributed by atoms with Crippen LogP contribution < -0.4 is 0 Å². The molecule has 21 heavy (non-hydrogen) atoms. The van der Waals surface area contributed by atoms with Gasteiger partial charge in [-0.15, -0.1) is 0 Å². The number of furan rings is 1. The third kappa shape index (κ3) is 2.85. The predicted octanol–water partition coefficient (Wildman–Crippen LogP) is 1.99. The van der Waals surface area contributed by atoms with Gasteiger partial charge in [-0.05, 0) is 18.6 Å². The average molecular weight is 293 g/mol. The maximum absolute atomic E-state index is 12.2. The van der Waals surface area contributed by atoms with Crippen molar-refractivity contribution in [3.63, 3.8) is 0 Å². The van der Waals surface area contributed by atoms with Gasteiger partial charge in [-0.2, -0.15) is 0 Å². The fourth-order valence-electron chi connectivity index (χ4n) is 2.48. The summed E-state index contributed by atoms with van der Waals surface area (Å²) >= 11 is 0. The molecule has 0 fully saturated rings. The molecule has 1 aliphatic heterocycles. The van der Waals surface area contributed by atoms with E-state index in [-0.39, 0.29) is 17.8 Å². The molecule has 0 radical (unpaired) electrons. The second kappa shape index (κ2) is 6.58. The van der Waals surface area contributed by atoms with Gasteiger partial charge in [0.1, 0.15) is 11.8 Å². The molecule has 0 aliphatic carbocycles. The molecule has 0 spiro atoms. The Balaban J connectivity index is 2.34. The SMILES string of the molecule is CCC(=O)C1=C(O)C(=O)N(CCCOC)C1c1ccco1. The number of ether oxygens (including phenoxy) is 1. The lowest BCUT2D eigenvalue weighted by atomic mass is 10.00. The minimum Gasteiger partial charge on any atom is -0.503 e. The van der Waals surface area contributed by atoms with Gasteiger partial charge in [0.15, 0.2) is 11.5 Å². The number of carbonyl (C=O) groups is 2. The fourth-order valence-corrected chi connectivity index (χ4v) is 2.48. The molecule has 0 bridgehead atoms. The van der Waals surface area contributed by atoms with Gasteiger partial charge in [-0.1, -0.05) is 6.92 Å². The summed E-state index contributed by atoms with van der Waals surface area (Å²) in [6.07, 6.45) is 2.31. The summed E-state index contributed by atoms with van der Waals surface area (Å²) < 4.78 is 10.3. The number of methoxy groups -OCH3 is 1. The third-order valence-corrected chi connectivity index (χ3v) is 3.49. The van der Waals surface area contributed by atoms with Gasteiger partial charge in [0.05, 0.1) is 11.8 Å². The lowest BCUT2D eigenvalue weighted by Crippen LogP contribution is -2.32. The number of rotatable bonds is 7. The molecule has 1 aromatic heterocycles. The highest BCUT2D eigenvalue weighted by Gasteiger charge is 2.43. The van der Waals surface area contributed by atoms with Crippen LogP contribution in [0, 0.1) is 0 Å². The zero-order valence-electron chi connectivity index (χ0n) is 12.2. The maximum Gasteiger partial charge on any atom is 0.290 e. The van der Waals surface area contributed by atoms with Gasteiger partial charge in [-0.3, -0.25) is 9.59 Å². The monoisotopic (exact) mass is 293 g/mol. The largest absolute Gasteiger partial charge is 0.503 e. The Labute approximate surface area is 123 Å². The quantitative estimate of drug-likeness (QED) is 0.778. The number of ketones is 1. The Kier molecular flexibility index (Phi) is 4.80. The zero-order chi connectivity index (χ0) is 15.4. The summed E-state index contributed by atoms with van der Waals surface area (Å²) in [5.41, 5.74) is 0.120. The van der Waals surface area contributed by atoms with Crippen LogP contribution in [0.3, 0.4) is 0 Å². The van der Waals surface area contributed by atoms with Crippen LogP contribution >= 0.6 is 0 Å². The predicted molar refractivity (Wildman–Crippen MR) is 74.6 cm³/mol. The van der Waals surface area contributed by atoms with E-state index in [1.165, 1.54) is 11.2 Å². The number of hydrogen-bond donors (Lipinski definition) is 1. The van der Waals surface area contributed by atoms with Crippen LogP contribution in [0.15, 0.2) is 34.1 Å². The molecule has 1 aliphatic rings. The fraction of sp³-hybridized carbons (Fsp3) is 0.467. The van der Waals surface area contributed by atoms with Crippen molar-refractivity contribution >= 4 is 11.7 Å². The first kappa shape index (κ1) is 15.3. The van der Waals surface area contributed by atoms with Crippen LogP contribution in [0.1, 0.15) is 31.6 Å². The van der Waals surface area contributed by atoms with Crippen LogP contribution in [0.25, 0.3) is 0 Å². The standard InChI is InChI=1S/C15H19NO5/c1-3-10(17)12-13(11-6-4-9-21-11)16(7-5-8-20-2)15(19)14(12)18/h4,6,9,13,18H,3,5,7-8H2,1-2H3. The summed E-state index contributed by atoms with van der Waals surface area (Å²) in [5.74, 6) is -0.789. The lowest BCUT2D eigenvalue weighted by molar-refractivity contribution is -0.129. The summed E-state index contributed by atoms with van der Waals surface area (Å²) in [6, 6.07) is 2.73. The van der Waals surface area contributed by atoms with Crippen LogP contribution in [0.2, 0.25) is 0 Å². The molecule has 1 atom stereocenters. The Morgan fingerprint density at radius 3 is 2.86 bits per heavy atom. The van der Waals surface area contributed by atoms with Crippen molar-refractivity contribution in [3.8, 4) is 0 Å². The van der Waals surface area contributed by atoms with Crippen molar-refractivity contribution in [2.75, 3.05) is 20.3 Å². The van der Waals surface area contributed by atoms with Crippen molar-refractivity contribution < 1.29 is 23.8 Å². The minimum atomic E-state index is -0.656. The van der Waals surface area contributed by atoms with E-state index in [0.29, 0.717) is 25.3 Å². The topological polar surface area (TPSA) is 80.0 Å². The van der Waals surface area contributed by atoms with Crippen molar-refractivity contribution in [2.45, 2.75) is 25.8 Å². The summed E-state index contributed by atoms with van der Waals surface area (Å²) in [7, 11) is 1.58. The Hall–Kier alpha value is -2.08. The number of carbonyl (C=O) groups excluding carboxylic acids is 2. The second-order valence-corrected chi connectivity index (χ2v) is 4.80. The molecular weight excluding hydrogens is 274 g/mol. The highest BCUT2D eigenvalue weighted by Crippen LogP contribution is 2.38. The first-order valence-corrected chi connectivity index (χ1v) is 6.91. The van der Waals surface area contributed by atoms with Gasteiger partial charge in [0.25, 0.3) is 5.91 Å². The Morgan fingerprint density at radius 2 is 2.29 bits per heavy atom.